The fraction of sp³-hybridized carbons (Fsp3) is 0.200. The van der Waals surface area contributed by atoms with Crippen LogP contribution in [0, 0.1) is 5.82 Å². The minimum Gasteiger partial charge on any atom is -0.493 e. The normalized spacial score (nSPS) is 16.3. The van der Waals surface area contributed by atoms with Gasteiger partial charge in [0.25, 0.3) is 5.56 Å². The number of rotatable bonds is 5. The highest BCUT2D eigenvalue weighted by Gasteiger charge is 2.32. The van der Waals surface area contributed by atoms with E-state index in [0.717, 1.165) is 40.8 Å². The number of nitrogens with zero attached hydrogens (tertiary/aromatic N) is 2. The van der Waals surface area contributed by atoms with Crippen molar-refractivity contribution >= 4 is 23.1 Å². The van der Waals surface area contributed by atoms with Crippen molar-refractivity contribution in [2.24, 2.45) is 4.99 Å². The Morgan fingerprint density at radius 1 is 0.974 bits per heavy atom. The summed E-state index contributed by atoms with van der Waals surface area (Å²) in [5, 5.41) is 0. The first-order chi connectivity index (χ1) is 18.5. The molecule has 0 saturated carbocycles. The standard InChI is InChI=1S/C30H25FN2O4S/c1-35-23-14-17(15-24(36-2)28(23)37-3)16-25-29(34)33-27(19-8-11-20(31)12-9-19)22-13-10-18-6-4-5-7-21(18)26(22)32-30(33)38-25/h4-9,11-12,14-16,27H,10,13H2,1-3H3. The van der Waals surface area contributed by atoms with Gasteiger partial charge in [0.2, 0.25) is 5.75 Å². The number of allylic oxidation sites excluding steroid dienone is 1. The van der Waals surface area contributed by atoms with Crippen LogP contribution in [0.15, 0.2) is 76.0 Å². The number of fused-ring (bicyclic) bond motifs is 3. The Labute approximate surface area is 222 Å². The summed E-state index contributed by atoms with van der Waals surface area (Å²) >= 11 is 1.33. The number of aromatic nitrogens is 1. The number of ether oxygens (including phenoxy) is 3. The molecule has 0 saturated heterocycles. The lowest BCUT2D eigenvalue weighted by Crippen LogP contribution is -2.38. The molecule has 38 heavy (non-hydrogen) atoms. The largest absolute Gasteiger partial charge is 0.493 e. The minimum absolute atomic E-state index is 0.151. The van der Waals surface area contributed by atoms with Gasteiger partial charge in [0, 0.05) is 5.56 Å². The molecule has 8 heteroatoms. The summed E-state index contributed by atoms with van der Waals surface area (Å²) in [5.74, 6) is 1.17. The van der Waals surface area contributed by atoms with E-state index in [4.69, 9.17) is 19.2 Å². The zero-order valence-electron chi connectivity index (χ0n) is 21.2. The highest BCUT2D eigenvalue weighted by molar-refractivity contribution is 7.07. The summed E-state index contributed by atoms with van der Waals surface area (Å²) in [6.45, 7) is 0. The van der Waals surface area contributed by atoms with Crippen LogP contribution >= 0.6 is 11.3 Å². The highest BCUT2D eigenvalue weighted by atomic mass is 32.1. The van der Waals surface area contributed by atoms with Crippen LogP contribution in [0.25, 0.3) is 11.8 Å². The van der Waals surface area contributed by atoms with Crippen LogP contribution in [0.2, 0.25) is 0 Å². The molecule has 6 nitrogen and oxygen atoms in total. The molecule has 4 aromatic rings. The molecule has 1 aliphatic carbocycles. The average molecular weight is 529 g/mol. The second-order valence-electron chi connectivity index (χ2n) is 9.12. The molecule has 6 rings (SSSR count). The third-order valence-electron chi connectivity index (χ3n) is 7.04. The van der Waals surface area contributed by atoms with Gasteiger partial charge >= 0.3 is 0 Å². The van der Waals surface area contributed by atoms with Crippen LogP contribution in [0.4, 0.5) is 4.39 Å². The van der Waals surface area contributed by atoms with Gasteiger partial charge in [-0.15, -0.1) is 0 Å². The van der Waals surface area contributed by atoms with Crippen LogP contribution in [0.1, 0.15) is 34.7 Å². The molecule has 0 amide bonds. The number of halogens is 1. The van der Waals surface area contributed by atoms with Gasteiger partial charge in [-0.05, 0) is 65.4 Å². The summed E-state index contributed by atoms with van der Waals surface area (Å²) < 4.78 is 32.5. The highest BCUT2D eigenvalue weighted by Crippen LogP contribution is 2.41. The third-order valence-corrected chi connectivity index (χ3v) is 8.03. The first-order valence-corrected chi connectivity index (χ1v) is 13.0. The second-order valence-corrected chi connectivity index (χ2v) is 10.1. The van der Waals surface area contributed by atoms with Crippen LogP contribution < -0.4 is 29.1 Å². The van der Waals surface area contributed by atoms with Gasteiger partial charge in [-0.2, -0.15) is 0 Å². The Balaban J connectivity index is 1.59. The third kappa shape index (κ3) is 3.92. The molecule has 0 bridgehead atoms. The molecular weight excluding hydrogens is 503 g/mol. The fourth-order valence-electron chi connectivity index (χ4n) is 5.30. The van der Waals surface area contributed by atoms with E-state index in [9.17, 15) is 9.18 Å². The van der Waals surface area contributed by atoms with Crippen LogP contribution in [0.3, 0.4) is 0 Å². The van der Waals surface area contributed by atoms with E-state index >= 15 is 0 Å². The van der Waals surface area contributed by atoms with E-state index in [1.165, 1.54) is 29.0 Å². The molecule has 0 spiro atoms. The predicted octanol–water partition coefficient (Wildman–Crippen LogP) is 4.48. The maximum atomic E-state index is 13.9. The quantitative estimate of drug-likeness (QED) is 0.383. The monoisotopic (exact) mass is 528 g/mol. The van der Waals surface area contributed by atoms with Crippen molar-refractivity contribution in [3.8, 4) is 17.2 Å². The van der Waals surface area contributed by atoms with Crippen molar-refractivity contribution in [2.45, 2.75) is 18.9 Å². The summed E-state index contributed by atoms with van der Waals surface area (Å²) in [6.07, 6.45) is 3.44. The first kappa shape index (κ1) is 24.2. The van der Waals surface area contributed by atoms with Crippen molar-refractivity contribution in [3.05, 3.63) is 114 Å². The van der Waals surface area contributed by atoms with Crippen LogP contribution in [-0.4, -0.2) is 25.9 Å². The first-order valence-electron chi connectivity index (χ1n) is 12.2. The molecule has 3 aromatic carbocycles. The van der Waals surface area contributed by atoms with Crippen molar-refractivity contribution in [1.82, 2.24) is 4.57 Å². The van der Waals surface area contributed by atoms with Gasteiger partial charge in [-0.1, -0.05) is 47.7 Å². The van der Waals surface area contributed by atoms with Gasteiger partial charge in [0.15, 0.2) is 16.3 Å². The minimum atomic E-state index is -0.364. The summed E-state index contributed by atoms with van der Waals surface area (Å²) in [5.41, 5.74) is 5.74. The van der Waals surface area contributed by atoms with Crippen LogP contribution in [0.5, 0.6) is 17.2 Å². The molecule has 192 valence electrons. The number of hydrogen-bond donors (Lipinski definition) is 0. The van der Waals surface area contributed by atoms with Gasteiger partial charge in [-0.25, -0.2) is 9.38 Å². The molecule has 0 radical (unpaired) electrons. The zero-order chi connectivity index (χ0) is 26.4. The van der Waals surface area contributed by atoms with Crippen molar-refractivity contribution < 1.29 is 18.6 Å². The molecular formula is C30H25FN2O4S. The average Bonchev–Trinajstić information content (AvgIpc) is 3.25. The molecule has 1 aliphatic heterocycles. The maximum absolute atomic E-state index is 13.9. The maximum Gasteiger partial charge on any atom is 0.271 e. The Morgan fingerprint density at radius 3 is 2.37 bits per heavy atom. The molecule has 2 heterocycles. The number of benzene rings is 3. The van der Waals surface area contributed by atoms with Gasteiger partial charge in [-0.3, -0.25) is 9.36 Å². The molecule has 0 N–H and O–H groups in total. The van der Waals surface area contributed by atoms with E-state index in [-0.39, 0.29) is 17.4 Å². The number of hydrogen-bond acceptors (Lipinski definition) is 6. The van der Waals surface area contributed by atoms with E-state index < -0.39 is 0 Å². The predicted molar refractivity (Wildman–Crippen MR) is 145 cm³/mol. The van der Waals surface area contributed by atoms with Gasteiger partial charge in [0.05, 0.1) is 37.6 Å². The van der Waals surface area contributed by atoms with E-state index in [1.807, 2.05) is 18.2 Å². The molecule has 0 fully saturated rings. The number of thiazole rings is 1. The Hall–Kier alpha value is -4.17. The molecule has 2 aliphatic rings. The summed E-state index contributed by atoms with van der Waals surface area (Å²) in [7, 11) is 4.66. The lowest BCUT2D eigenvalue weighted by atomic mass is 9.83. The lowest BCUT2D eigenvalue weighted by molar-refractivity contribution is 0.324. The van der Waals surface area contributed by atoms with E-state index in [2.05, 4.69) is 12.1 Å². The smallest absolute Gasteiger partial charge is 0.271 e. The van der Waals surface area contributed by atoms with Gasteiger partial charge in [0.1, 0.15) is 5.82 Å². The van der Waals surface area contributed by atoms with Crippen LogP contribution in [-0.2, 0) is 6.42 Å². The Bertz CT molecular complexity index is 1740. The number of aryl methyl sites for hydroxylation is 1. The molecule has 1 unspecified atom stereocenters. The SMILES string of the molecule is COc1cc(C=c2sc3n(c2=O)C(c2ccc(F)cc2)C2=C(N=3)c3ccccc3CC2)cc(OC)c1OC. The topological polar surface area (TPSA) is 62.1 Å². The summed E-state index contributed by atoms with van der Waals surface area (Å²) in [4.78, 5) is 19.5. The Morgan fingerprint density at radius 2 is 1.68 bits per heavy atom. The molecule has 1 atom stereocenters. The zero-order valence-corrected chi connectivity index (χ0v) is 22.0. The lowest BCUT2D eigenvalue weighted by Gasteiger charge is -2.30. The Kier molecular flexibility index (Phi) is 6.12. The van der Waals surface area contributed by atoms with E-state index in [0.29, 0.717) is 26.6 Å². The van der Waals surface area contributed by atoms with Gasteiger partial charge < -0.3 is 14.2 Å². The number of methoxy groups -OCH3 is 3. The molecule has 1 aromatic heterocycles. The second kappa shape index (κ2) is 9.61. The summed E-state index contributed by atoms with van der Waals surface area (Å²) in [6, 6.07) is 17.9. The van der Waals surface area contributed by atoms with E-state index in [1.54, 1.807) is 50.2 Å². The fourth-order valence-corrected chi connectivity index (χ4v) is 6.30. The van der Waals surface area contributed by atoms with Crippen molar-refractivity contribution in [1.29, 1.82) is 0 Å². The van der Waals surface area contributed by atoms with Crippen molar-refractivity contribution in [2.75, 3.05) is 21.3 Å². The van der Waals surface area contributed by atoms with Crippen molar-refractivity contribution in [3.63, 3.8) is 0 Å².